The molecule has 192 valence electrons. The number of nitrogens with zero attached hydrogens (tertiary/aromatic N) is 4. The van der Waals surface area contributed by atoms with E-state index >= 15 is 0 Å². The number of H-pyrrole nitrogens is 1. The van der Waals surface area contributed by atoms with Gasteiger partial charge in [-0.15, -0.1) is 0 Å². The molecule has 9 nitrogen and oxygen atoms in total. The Bertz CT molecular complexity index is 1470. The number of fused-ring (bicyclic) bond motifs is 5. The molecule has 2 unspecified atom stereocenters. The van der Waals surface area contributed by atoms with E-state index in [-0.39, 0.29) is 5.91 Å². The topological polar surface area (TPSA) is 122 Å². The van der Waals surface area contributed by atoms with Crippen molar-refractivity contribution in [2.45, 2.75) is 32.2 Å². The van der Waals surface area contributed by atoms with E-state index in [1.807, 2.05) is 36.6 Å². The first-order valence-corrected chi connectivity index (χ1v) is 12.8. The lowest BCUT2D eigenvalue weighted by molar-refractivity contribution is -0.121. The van der Waals surface area contributed by atoms with E-state index in [1.54, 1.807) is 36.2 Å². The lowest BCUT2D eigenvalue weighted by atomic mass is 9.84. The van der Waals surface area contributed by atoms with Gasteiger partial charge >= 0.3 is 0 Å². The van der Waals surface area contributed by atoms with Crippen molar-refractivity contribution in [2.24, 2.45) is 5.73 Å². The van der Waals surface area contributed by atoms with Crippen LogP contribution < -0.4 is 11.1 Å². The fourth-order valence-corrected chi connectivity index (χ4v) is 5.17. The maximum Gasteiger partial charge on any atom is 0.253 e. The molecule has 0 radical (unpaired) electrons. The number of aromatic nitrogens is 4. The van der Waals surface area contributed by atoms with Crippen LogP contribution in [0.5, 0.6) is 0 Å². The molecule has 0 bridgehead atoms. The summed E-state index contributed by atoms with van der Waals surface area (Å²) in [5.74, 6) is 0.374. The van der Waals surface area contributed by atoms with Crippen LogP contribution in [0.1, 0.15) is 53.2 Å². The number of amides is 2. The van der Waals surface area contributed by atoms with Crippen LogP contribution in [0.3, 0.4) is 0 Å². The Morgan fingerprint density at radius 3 is 2.59 bits per heavy atom. The molecular formula is C27H30ClN7O2. The van der Waals surface area contributed by atoms with Crippen molar-refractivity contribution in [1.29, 1.82) is 0 Å². The van der Waals surface area contributed by atoms with Gasteiger partial charge in [0.1, 0.15) is 17.6 Å². The lowest BCUT2D eigenvalue weighted by Gasteiger charge is -2.31. The van der Waals surface area contributed by atoms with Crippen molar-refractivity contribution in [3.63, 3.8) is 0 Å². The van der Waals surface area contributed by atoms with Crippen LogP contribution in [-0.2, 0) is 11.2 Å². The van der Waals surface area contributed by atoms with Crippen LogP contribution in [0.15, 0.2) is 42.5 Å². The summed E-state index contributed by atoms with van der Waals surface area (Å²) in [6, 6.07) is 12.1. The van der Waals surface area contributed by atoms with Gasteiger partial charge in [0.15, 0.2) is 5.82 Å². The molecule has 0 saturated heterocycles. The van der Waals surface area contributed by atoms with Gasteiger partial charge in [-0.1, -0.05) is 37.6 Å². The van der Waals surface area contributed by atoms with E-state index in [1.165, 1.54) is 0 Å². The number of carbonyl (C=O) groups excluding carboxylic acids is 2. The fourth-order valence-electron chi connectivity index (χ4n) is 5.04. The molecule has 2 aromatic carbocycles. The number of aromatic amines is 1. The Hall–Kier alpha value is -3.69. The molecule has 4 aromatic rings. The number of hydrogen-bond acceptors (Lipinski definition) is 5. The number of likely N-dealkylation sites (N-methyl/N-ethyl adjacent to an activating group) is 2. The molecule has 4 N–H and O–H groups in total. The van der Waals surface area contributed by atoms with E-state index in [2.05, 4.69) is 10.3 Å². The summed E-state index contributed by atoms with van der Waals surface area (Å²) in [5.41, 5.74) is 10.3. The molecule has 2 atom stereocenters. The summed E-state index contributed by atoms with van der Waals surface area (Å²) >= 11 is 6.15. The van der Waals surface area contributed by atoms with Gasteiger partial charge in [0, 0.05) is 37.1 Å². The van der Waals surface area contributed by atoms with Crippen LogP contribution in [0.25, 0.3) is 22.6 Å². The van der Waals surface area contributed by atoms with Gasteiger partial charge in [0.25, 0.3) is 5.91 Å². The first-order chi connectivity index (χ1) is 17.8. The van der Waals surface area contributed by atoms with E-state index in [9.17, 15) is 9.59 Å². The molecule has 0 spiro atoms. The zero-order chi connectivity index (χ0) is 26.3. The minimum atomic E-state index is -0.747. The SMILES string of the molecule is CCNCCN(C)C(=O)c1ccc2c(c1)nc1n2C(C(N)=O)C(c2ccc(Cl)cc2)c2[nH]c(CC)nc2-1. The molecular weight excluding hydrogens is 490 g/mol. The third-order valence-corrected chi connectivity index (χ3v) is 7.16. The van der Waals surface area contributed by atoms with Gasteiger partial charge in [0.2, 0.25) is 5.91 Å². The molecule has 0 saturated carbocycles. The van der Waals surface area contributed by atoms with Gasteiger partial charge in [-0.2, -0.15) is 0 Å². The van der Waals surface area contributed by atoms with Crippen molar-refractivity contribution in [2.75, 3.05) is 26.7 Å². The Labute approximate surface area is 220 Å². The summed E-state index contributed by atoms with van der Waals surface area (Å²) in [4.78, 5) is 40.9. The molecule has 37 heavy (non-hydrogen) atoms. The van der Waals surface area contributed by atoms with Crippen molar-refractivity contribution >= 4 is 34.4 Å². The largest absolute Gasteiger partial charge is 0.368 e. The van der Waals surface area contributed by atoms with E-state index < -0.39 is 17.9 Å². The number of hydrogen-bond donors (Lipinski definition) is 3. The number of rotatable bonds is 8. The Balaban J connectivity index is 1.65. The normalized spacial score (nSPS) is 16.4. The predicted molar refractivity (Wildman–Crippen MR) is 144 cm³/mol. The lowest BCUT2D eigenvalue weighted by Crippen LogP contribution is -2.35. The quantitative estimate of drug-likeness (QED) is 0.308. The van der Waals surface area contributed by atoms with Gasteiger partial charge in [0.05, 0.1) is 22.6 Å². The summed E-state index contributed by atoms with van der Waals surface area (Å²) in [7, 11) is 1.78. The molecule has 2 aromatic heterocycles. The fraction of sp³-hybridized carbons (Fsp3) is 0.333. The highest BCUT2D eigenvalue weighted by atomic mass is 35.5. The molecule has 1 aliphatic rings. The van der Waals surface area contributed by atoms with Gasteiger partial charge in [-0.05, 0) is 42.4 Å². The number of aryl methyl sites for hydroxylation is 1. The standard InChI is InChI=1S/C27H30ClN7O2/c1-4-20-32-22-21(15-6-9-17(28)10-7-15)24(25(29)36)35-19-11-8-16(27(37)34(3)13-12-30-5-2)14-18(19)31-26(35)23(22)33-20/h6-11,14,21,24,30H,4-5,12-13H2,1-3H3,(H2,29,36)(H,32,33). The summed E-state index contributed by atoms with van der Waals surface area (Å²) in [6.07, 6.45) is 0.694. The Morgan fingerprint density at radius 2 is 1.92 bits per heavy atom. The first kappa shape index (κ1) is 25.0. The predicted octanol–water partition coefficient (Wildman–Crippen LogP) is 3.50. The molecule has 2 amide bonds. The smallest absolute Gasteiger partial charge is 0.253 e. The van der Waals surface area contributed by atoms with E-state index in [0.29, 0.717) is 47.1 Å². The van der Waals surface area contributed by atoms with E-state index in [4.69, 9.17) is 27.3 Å². The van der Waals surface area contributed by atoms with Crippen LogP contribution in [0.4, 0.5) is 0 Å². The van der Waals surface area contributed by atoms with E-state index in [0.717, 1.165) is 29.1 Å². The maximum absolute atomic E-state index is 13.1. The molecule has 1 aliphatic heterocycles. The van der Waals surface area contributed by atoms with Crippen molar-refractivity contribution < 1.29 is 9.59 Å². The summed E-state index contributed by atoms with van der Waals surface area (Å²) in [5, 5.41) is 3.84. The molecule has 0 aliphatic carbocycles. The van der Waals surface area contributed by atoms with Crippen LogP contribution >= 0.6 is 11.6 Å². The Kier molecular flexibility index (Phi) is 6.74. The third kappa shape index (κ3) is 4.38. The number of carbonyl (C=O) groups is 2. The number of benzene rings is 2. The number of nitrogens with one attached hydrogen (secondary N) is 2. The molecule has 0 fully saturated rings. The second kappa shape index (κ2) is 9.99. The van der Waals surface area contributed by atoms with Crippen molar-refractivity contribution in [3.8, 4) is 11.5 Å². The molecule has 5 rings (SSSR count). The second-order valence-corrected chi connectivity index (χ2v) is 9.70. The monoisotopic (exact) mass is 519 g/mol. The van der Waals surface area contributed by atoms with Crippen LogP contribution in [-0.4, -0.2) is 62.9 Å². The van der Waals surface area contributed by atoms with Gasteiger partial charge < -0.3 is 25.5 Å². The van der Waals surface area contributed by atoms with Crippen LogP contribution in [0, 0.1) is 0 Å². The molecule has 10 heteroatoms. The zero-order valence-electron chi connectivity index (χ0n) is 21.1. The first-order valence-electron chi connectivity index (χ1n) is 12.5. The number of halogens is 1. The van der Waals surface area contributed by atoms with Crippen molar-refractivity contribution in [3.05, 3.63) is 70.1 Å². The zero-order valence-corrected chi connectivity index (χ0v) is 21.8. The number of imidazole rings is 2. The highest BCUT2D eigenvalue weighted by Gasteiger charge is 2.42. The van der Waals surface area contributed by atoms with Crippen LogP contribution in [0.2, 0.25) is 5.02 Å². The average molecular weight is 520 g/mol. The number of primary amides is 1. The minimum absolute atomic E-state index is 0.0926. The maximum atomic E-state index is 13.1. The average Bonchev–Trinajstić information content (AvgIpc) is 3.49. The highest BCUT2D eigenvalue weighted by Crippen LogP contribution is 2.46. The summed E-state index contributed by atoms with van der Waals surface area (Å²) in [6.45, 7) is 6.20. The van der Waals surface area contributed by atoms with Crippen molar-refractivity contribution in [1.82, 2.24) is 29.7 Å². The number of nitrogens with two attached hydrogens (primary N) is 1. The van der Waals surface area contributed by atoms with Gasteiger partial charge in [-0.25, -0.2) is 9.97 Å². The third-order valence-electron chi connectivity index (χ3n) is 6.91. The molecule has 3 heterocycles. The highest BCUT2D eigenvalue weighted by molar-refractivity contribution is 6.30. The minimum Gasteiger partial charge on any atom is -0.368 e. The summed E-state index contributed by atoms with van der Waals surface area (Å²) < 4.78 is 1.86. The Morgan fingerprint density at radius 1 is 1.16 bits per heavy atom. The van der Waals surface area contributed by atoms with Gasteiger partial charge in [-0.3, -0.25) is 9.59 Å². The second-order valence-electron chi connectivity index (χ2n) is 9.26.